The average molecular weight is 286 g/mol. The maximum Gasteiger partial charge on any atom is 0.407 e. The van der Waals surface area contributed by atoms with Crippen molar-refractivity contribution in [3.05, 3.63) is 0 Å². The summed E-state index contributed by atoms with van der Waals surface area (Å²) in [6.07, 6.45) is 1.30. The molecule has 0 spiro atoms. The normalized spacial score (nSPS) is 18.1. The summed E-state index contributed by atoms with van der Waals surface area (Å²) in [5.74, 6) is -0.429. The van der Waals surface area contributed by atoms with E-state index >= 15 is 0 Å². The van der Waals surface area contributed by atoms with Crippen molar-refractivity contribution in [1.29, 1.82) is 0 Å². The Morgan fingerprint density at radius 2 is 1.95 bits per heavy atom. The number of ether oxygens (including phenoxy) is 1. The van der Waals surface area contributed by atoms with Crippen LogP contribution < -0.4 is 10.6 Å². The molecule has 20 heavy (non-hydrogen) atoms. The first-order chi connectivity index (χ1) is 9.23. The molecule has 3 N–H and O–H groups in total. The molecule has 6 heteroatoms. The van der Waals surface area contributed by atoms with Gasteiger partial charge in [-0.1, -0.05) is 13.3 Å². The van der Waals surface area contributed by atoms with Gasteiger partial charge in [0, 0.05) is 6.04 Å². The Hall–Kier alpha value is -1.30. The molecule has 0 aromatic heterocycles. The second-order valence-corrected chi connectivity index (χ2v) is 6.27. The first kappa shape index (κ1) is 16.8. The predicted octanol–water partition coefficient (Wildman–Crippen LogP) is 1.32. The van der Waals surface area contributed by atoms with Crippen LogP contribution in [0.15, 0.2) is 0 Å². The fourth-order valence-electron chi connectivity index (χ4n) is 1.78. The number of alkyl carbamates (subject to hydrolysis) is 1. The molecule has 0 aliphatic heterocycles. The van der Waals surface area contributed by atoms with E-state index in [0.29, 0.717) is 6.42 Å². The lowest BCUT2D eigenvalue weighted by atomic mass is 10.1. The van der Waals surface area contributed by atoms with Crippen molar-refractivity contribution in [3.8, 4) is 0 Å². The largest absolute Gasteiger partial charge is 0.444 e. The van der Waals surface area contributed by atoms with Crippen molar-refractivity contribution < 1.29 is 19.4 Å². The van der Waals surface area contributed by atoms with Crippen LogP contribution in [0.4, 0.5) is 4.79 Å². The number of rotatable bonds is 6. The molecular weight excluding hydrogens is 260 g/mol. The van der Waals surface area contributed by atoms with Crippen LogP contribution >= 0.6 is 0 Å². The van der Waals surface area contributed by atoms with Gasteiger partial charge < -0.3 is 20.5 Å². The zero-order valence-electron chi connectivity index (χ0n) is 12.7. The Balaban J connectivity index is 2.52. The van der Waals surface area contributed by atoms with Crippen LogP contribution in [0.1, 0.15) is 53.4 Å². The van der Waals surface area contributed by atoms with Crippen molar-refractivity contribution in [2.45, 2.75) is 77.2 Å². The third kappa shape index (κ3) is 6.23. The third-order valence-corrected chi connectivity index (χ3v) is 2.88. The van der Waals surface area contributed by atoms with Crippen LogP contribution in [0.3, 0.4) is 0 Å². The Morgan fingerprint density at radius 3 is 2.40 bits per heavy atom. The quantitative estimate of drug-likeness (QED) is 0.687. The Kier molecular flexibility index (Phi) is 5.80. The van der Waals surface area contributed by atoms with E-state index in [-0.39, 0.29) is 6.04 Å². The summed E-state index contributed by atoms with van der Waals surface area (Å²) in [7, 11) is 0. The zero-order chi connectivity index (χ0) is 15.3. The van der Waals surface area contributed by atoms with E-state index in [1.807, 2.05) is 6.92 Å². The lowest BCUT2D eigenvalue weighted by Gasteiger charge is -2.26. The van der Waals surface area contributed by atoms with E-state index in [1.54, 1.807) is 20.8 Å². The number of carbonyl (C=O) groups is 2. The summed E-state index contributed by atoms with van der Waals surface area (Å²) in [6, 6.07) is -0.449. The van der Waals surface area contributed by atoms with Gasteiger partial charge in [0.05, 0.1) is 6.04 Å². The summed E-state index contributed by atoms with van der Waals surface area (Å²) in [4.78, 5) is 23.6. The smallest absolute Gasteiger partial charge is 0.407 e. The molecule has 1 unspecified atom stereocenters. The van der Waals surface area contributed by atoms with Crippen molar-refractivity contribution in [2.24, 2.45) is 0 Å². The second-order valence-electron chi connectivity index (χ2n) is 6.27. The number of aliphatic hydroxyl groups excluding tert-OH is 1. The van der Waals surface area contributed by atoms with Crippen molar-refractivity contribution >= 4 is 12.0 Å². The van der Waals surface area contributed by atoms with Gasteiger partial charge in [-0.05, 0) is 40.0 Å². The molecule has 0 heterocycles. The van der Waals surface area contributed by atoms with Crippen LogP contribution in [-0.2, 0) is 9.53 Å². The summed E-state index contributed by atoms with van der Waals surface area (Å²) in [5, 5.41) is 15.4. The predicted molar refractivity (Wildman–Crippen MR) is 75.2 cm³/mol. The molecule has 1 aliphatic rings. The molecule has 2 atom stereocenters. The van der Waals surface area contributed by atoms with Gasteiger partial charge in [-0.25, -0.2) is 4.79 Å². The van der Waals surface area contributed by atoms with Crippen LogP contribution in [0, 0.1) is 0 Å². The molecule has 1 saturated carbocycles. The first-order valence-corrected chi connectivity index (χ1v) is 7.21. The third-order valence-electron chi connectivity index (χ3n) is 2.88. The van der Waals surface area contributed by atoms with Crippen molar-refractivity contribution in [1.82, 2.24) is 10.6 Å². The number of aliphatic hydroxyl groups is 1. The monoisotopic (exact) mass is 286 g/mol. The molecule has 2 amide bonds. The van der Waals surface area contributed by atoms with Crippen molar-refractivity contribution in [2.75, 3.05) is 0 Å². The van der Waals surface area contributed by atoms with E-state index in [0.717, 1.165) is 19.3 Å². The molecule has 0 aromatic carbocycles. The van der Waals surface area contributed by atoms with Crippen LogP contribution in [0.5, 0.6) is 0 Å². The maximum absolute atomic E-state index is 11.8. The Bertz CT molecular complexity index is 348. The summed E-state index contributed by atoms with van der Waals surface area (Å²) in [6.45, 7) is 7.21. The molecule has 0 radical (unpaired) electrons. The summed E-state index contributed by atoms with van der Waals surface area (Å²) >= 11 is 0. The highest BCUT2D eigenvalue weighted by atomic mass is 16.6. The van der Waals surface area contributed by atoms with E-state index in [2.05, 4.69) is 10.6 Å². The minimum absolute atomic E-state index is 0.181. The molecule has 0 saturated heterocycles. The van der Waals surface area contributed by atoms with Gasteiger partial charge in [0.25, 0.3) is 5.91 Å². The number of hydrogen-bond donors (Lipinski definition) is 3. The van der Waals surface area contributed by atoms with Gasteiger partial charge in [-0.2, -0.15) is 0 Å². The maximum atomic E-state index is 11.8. The average Bonchev–Trinajstić information content (AvgIpc) is 3.08. The molecule has 0 aromatic rings. The van der Waals surface area contributed by atoms with Crippen LogP contribution in [-0.4, -0.2) is 40.9 Å². The number of hydrogen-bond acceptors (Lipinski definition) is 4. The summed E-state index contributed by atoms with van der Waals surface area (Å²) < 4.78 is 5.15. The van der Waals surface area contributed by atoms with Gasteiger partial charge in [-0.15, -0.1) is 0 Å². The highest BCUT2D eigenvalue weighted by Gasteiger charge is 2.32. The van der Waals surface area contributed by atoms with Crippen molar-refractivity contribution in [3.63, 3.8) is 0 Å². The molecule has 1 aliphatic carbocycles. The zero-order valence-corrected chi connectivity index (χ0v) is 12.7. The van der Waals surface area contributed by atoms with Gasteiger partial charge in [-0.3, -0.25) is 4.79 Å². The SMILES string of the molecule is CCC[C@@H](NC(=O)OC(C)(C)C)C(O)C(=O)NC1CC1. The molecule has 1 fully saturated rings. The first-order valence-electron chi connectivity index (χ1n) is 7.21. The van der Waals surface area contributed by atoms with Gasteiger partial charge in [0.2, 0.25) is 0 Å². The molecule has 116 valence electrons. The minimum Gasteiger partial charge on any atom is -0.444 e. The van der Waals surface area contributed by atoms with E-state index < -0.39 is 29.7 Å². The Morgan fingerprint density at radius 1 is 1.35 bits per heavy atom. The molecular formula is C14H26N2O4. The molecule has 1 rings (SSSR count). The highest BCUT2D eigenvalue weighted by Crippen LogP contribution is 2.19. The van der Waals surface area contributed by atoms with E-state index in [4.69, 9.17) is 4.74 Å². The number of carbonyl (C=O) groups excluding carboxylic acids is 2. The van der Waals surface area contributed by atoms with E-state index in [9.17, 15) is 14.7 Å². The highest BCUT2D eigenvalue weighted by molar-refractivity contribution is 5.82. The van der Waals surface area contributed by atoms with E-state index in [1.165, 1.54) is 0 Å². The van der Waals surface area contributed by atoms with Gasteiger partial charge in [0.15, 0.2) is 6.10 Å². The van der Waals surface area contributed by atoms with Crippen LogP contribution in [0.25, 0.3) is 0 Å². The lowest BCUT2D eigenvalue weighted by molar-refractivity contribution is -0.131. The van der Waals surface area contributed by atoms with Gasteiger partial charge >= 0.3 is 6.09 Å². The Labute approximate surface area is 120 Å². The number of nitrogens with one attached hydrogen (secondary N) is 2. The topological polar surface area (TPSA) is 87.7 Å². The molecule has 0 bridgehead atoms. The fraction of sp³-hybridized carbons (Fsp3) is 0.857. The minimum atomic E-state index is -1.25. The number of amides is 2. The van der Waals surface area contributed by atoms with Gasteiger partial charge in [0.1, 0.15) is 5.60 Å². The van der Waals surface area contributed by atoms with Crippen LogP contribution in [0.2, 0.25) is 0 Å². The lowest BCUT2D eigenvalue weighted by Crippen LogP contribution is -2.51. The standard InChI is InChI=1S/C14H26N2O4/c1-5-6-10(16-13(19)20-14(2,3)4)11(17)12(18)15-9-7-8-9/h9-11,17H,5-8H2,1-4H3,(H,15,18)(H,16,19)/t10-,11?/m1/s1. The summed E-state index contributed by atoms with van der Waals surface area (Å²) in [5.41, 5.74) is -0.609. The second kappa shape index (κ2) is 6.92. The fourth-order valence-corrected chi connectivity index (χ4v) is 1.78. The molecule has 6 nitrogen and oxygen atoms in total.